The van der Waals surface area contributed by atoms with Gasteiger partial charge in [-0.1, -0.05) is 0 Å². The number of nitrogens with one attached hydrogen (secondary N) is 1. The summed E-state index contributed by atoms with van der Waals surface area (Å²) in [6.45, 7) is 0.583. The van der Waals surface area contributed by atoms with Crippen LogP contribution in [0.25, 0.3) is 0 Å². The van der Waals surface area contributed by atoms with E-state index in [4.69, 9.17) is 5.73 Å². The van der Waals surface area contributed by atoms with Gasteiger partial charge in [0.15, 0.2) is 0 Å². The minimum atomic E-state index is -4.04. The van der Waals surface area contributed by atoms with Crippen molar-refractivity contribution in [3.05, 3.63) is 28.2 Å². The predicted molar refractivity (Wildman–Crippen MR) is 74.8 cm³/mol. The summed E-state index contributed by atoms with van der Waals surface area (Å²) in [4.78, 5) is -0.698. The Morgan fingerprint density at radius 3 is 2.42 bits per heavy atom. The molecule has 0 fully saturated rings. The second-order valence-corrected chi connectivity index (χ2v) is 6.18. The second kappa shape index (κ2) is 8.11. The summed E-state index contributed by atoms with van der Waals surface area (Å²) >= 11 is 2.78. The fourth-order valence-corrected chi connectivity index (χ4v) is 2.72. The highest BCUT2D eigenvalue weighted by Crippen LogP contribution is 2.22. The molecule has 0 atom stereocenters. The molecule has 0 saturated carbocycles. The molecule has 0 heterocycles. The van der Waals surface area contributed by atoms with Gasteiger partial charge in [-0.3, -0.25) is 0 Å². The lowest BCUT2D eigenvalue weighted by Crippen LogP contribution is -2.26. The Hall–Kier alpha value is -0.280. The van der Waals surface area contributed by atoms with Crippen molar-refractivity contribution >= 4 is 38.4 Å². The van der Waals surface area contributed by atoms with E-state index < -0.39 is 26.6 Å². The first-order valence-corrected chi connectivity index (χ1v) is 7.50. The van der Waals surface area contributed by atoms with Gasteiger partial charge >= 0.3 is 0 Å². The van der Waals surface area contributed by atoms with Crippen LogP contribution >= 0.6 is 28.3 Å². The third-order valence-electron chi connectivity index (χ3n) is 2.19. The van der Waals surface area contributed by atoms with E-state index in [9.17, 15) is 17.2 Å². The summed E-state index contributed by atoms with van der Waals surface area (Å²) in [7, 11) is -4.04. The normalized spacial score (nSPS) is 11.2. The van der Waals surface area contributed by atoms with Gasteiger partial charge in [-0.05, 0) is 47.4 Å². The number of benzene rings is 1. The lowest BCUT2D eigenvalue weighted by atomic mass is 10.3. The highest BCUT2D eigenvalue weighted by atomic mass is 79.9. The maximum atomic E-state index is 13.5. The highest BCUT2D eigenvalue weighted by Gasteiger charge is 2.20. The van der Waals surface area contributed by atoms with E-state index >= 15 is 0 Å². The van der Waals surface area contributed by atoms with E-state index in [1.807, 2.05) is 0 Å². The number of nitrogens with two attached hydrogens (primary N) is 1. The molecular formula is C10H14BrClF2N2O2S. The molecule has 110 valence electrons. The number of sulfonamides is 1. The Balaban J connectivity index is 0.00000324. The summed E-state index contributed by atoms with van der Waals surface area (Å²) in [5, 5.41) is 0. The zero-order valence-corrected chi connectivity index (χ0v) is 13.0. The van der Waals surface area contributed by atoms with Crippen molar-refractivity contribution in [2.24, 2.45) is 5.73 Å². The molecule has 0 aliphatic carbocycles. The molecule has 9 heteroatoms. The third kappa shape index (κ3) is 5.31. The van der Waals surface area contributed by atoms with Crippen LogP contribution in [0.5, 0.6) is 0 Å². The van der Waals surface area contributed by atoms with Gasteiger partial charge < -0.3 is 5.73 Å². The van der Waals surface area contributed by atoms with Crippen molar-refractivity contribution < 1.29 is 17.2 Å². The van der Waals surface area contributed by atoms with Gasteiger partial charge in [-0.15, -0.1) is 12.4 Å². The highest BCUT2D eigenvalue weighted by molar-refractivity contribution is 9.10. The predicted octanol–water partition coefficient (Wildman–Crippen LogP) is 2.17. The summed E-state index contributed by atoms with van der Waals surface area (Å²) in [5.41, 5.74) is 5.26. The Kier molecular flexibility index (Phi) is 7.99. The summed E-state index contributed by atoms with van der Waals surface area (Å²) in [6, 6.07) is 1.43. The Bertz CT molecular complexity index is 529. The van der Waals surface area contributed by atoms with Gasteiger partial charge in [0.25, 0.3) is 0 Å². The first-order valence-electron chi connectivity index (χ1n) is 5.23. The third-order valence-corrected chi connectivity index (χ3v) is 4.27. The van der Waals surface area contributed by atoms with Crippen LogP contribution in [0.2, 0.25) is 0 Å². The van der Waals surface area contributed by atoms with Crippen molar-refractivity contribution in [2.45, 2.75) is 17.7 Å². The smallest absolute Gasteiger partial charge is 0.243 e. The lowest BCUT2D eigenvalue weighted by Gasteiger charge is -2.08. The van der Waals surface area contributed by atoms with Crippen molar-refractivity contribution in [1.82, 2.24) is 4.72 Å². The maximum absolute atomic E-state index is 13.5. The SMILES string of the molecule is Cl.NCCCCNS(=O)(=O)c1cc(F)c(Br)cc1F. The summed E-state index contributed by atoms with van der Waals surface area (Å²) < 4.78 is 52.2. The molecule has 1 aromatic carbocycles. The first-order chi connectivity index (χ1) is 8.38. The number of rotatable bonds is 6. The van der Waals surface area contributed by atoms with E-state index in [-0.39, 0.29) is 23.4 Å². The Labute approximate surface area is 125 Å². The van der Waals surface area contributed by atoms with Crippen LogP contribution < -0.4 is 10.5 Å². The van der Waals surface area contributed by atoms with Gasteiger partial charge in [-0.2, -0.15) is 0 Å². The number of unbranched alkanes of at least 4 members (excludes halogenated alkanes) is 1. The van der Waals surface area contributed by atoms with Gasteiger partial charge in [-0.25, -0.2) is 21.9 Å². The molecule has 0 unspecified atom stereocenters. The molecule has 1 rings (SSSR count). The molecule has 0 aliphatic rings. The summed E-state index contributed by atoms with van der Waals surface area (Å²) in [6.07, 6.45) is 1.19. The van der Waals surface area contributed by atoms with Crippen LogP contribution in [-0.4, -0.2) is 21.5 Å². The van der Waals surface area contributed by atoms with Crippen LogP contribution in [0.15, 0.2) is 21.5 Å². The fourth-order valence-electron chi connectivity index (χ4n) is 1.26. The number of halogens is 4. The molecule has 19 heavy (non-hydrogen) atoms. The zero-order valence-electron chi connectivity index (χ0n) is 9.83. The molecule has 4 nitrogen and oxygen atoms in total. The molecule has 0 saturated heterocycles. The average molecular weight is 380 g/mol. The summed E-state index contributed by atoms with van der Waals surface area (Å²) in [5.74, 6) is -1.84. The molecule has 0 aromatic heterocycles. The van der Waals surface area contributed by atoms with E-state index in [0.29, 0.717) is 25.5 Å². The van der Waals surface area contributed by atoms with E-state index in [2.05, 4.69) is 20.7 Å². The minimum Gasteiger partial charge on any atom is -0.330 e. The van der Waals surface area contributed by atoms with Crippen molar-refractivity contribution in [2.75, 3.05) is 13.1 Å². The molecule has 0 spiro atoms. The molecule has 0 aliphatic heterocycles. The fraction of sp³-hybridized carbons (Fsp3) is 0.400. The standard InChI is InChI=1S/C10H13BrF2N2O2S.ClH/c11-7-5-9(13)10(6-8(7)12)18(16,17)15-4-2-1-3-14;/h5-6,15H,1-4,14H2;1H. The van der Waals surface area contributed by atoms with Crippen LogP contribution in [0.1, 0.15) is 12.8 Å². The molecule has 3 N–H and O–H groups in total. The van der Waals surface area contributed by atoms with Crippen LogP contribution in [0, 0.1) is 11.6 Å². The lowest BCUT2D eigenvalue weighted by molar-refractivity contribution is 0.542. The monoisotopic (exact) mass is 378 g/mol. The van der Waals surface area contributed by atoms with Crippen LogP contribution in [0.4, 0.5) is 8.78 Å². The van der Waals surface area contributed by atoms with Gasteiger partial charge in [0.2, 0.25) is 10.0 Å². The molecular weight excluding hydrogens is 366 g/mol. The molecule has 1 aromatic rings. The zero-order chi connectivity index (χ0) is 13.8. The number of hydrogen-bond acceptors (Lipinski definition) is 3. The van der Waals surface area contributed by atoms with E-state index in [1.165, 1.54) is 0 Å². The quantitative estimate of drug-likeness (QED) is 0.588. The van der Waals surface area contributed by atoms with Crippen LogP contribution in [-0.2, 0) is 10.0 Å². The second-order valence-electron chi connectivity index (χ2n) is 3.59. The van der Waals surface area contributed by atoms with Gasteiger partial charge in [0.05, 0.1) is 4.47 Å². The number of hydrogen-bond donors (Lipinski definition) is 2. The Morgan fingerprint density at radius 2 is 1.84 bits per heavy atom. The van der Waals surface area contributed by atoms with Crippen molar-refractivity contribution in [3.63, 3.8) is 0 Å². The van der Waals surface area contributed by atoms with E-state index in [0.717, 1.165) is 6.07 Å². The van der Waals surface area contributed by atoms with Crippen molar-refractivity contribution in [1.29, 1.82) is 0 Å². The topological polar surface area (TPSA) is 72.2 Å². The first kappa shape index (κ1) is 18.7. The molecule has 0 bridgehead atoms. The average Bonchev–Trinajstić information content (AvgIpc) is 2.29. The van der Waals surface area contributed by atoms with Gasteiger partial charge in [0, 0.05) is 6.54 Å². The largest absolute Gasteiger partial charge is 0.330 e. The molecule has 0 amide bonds. The van der Waals surface area contributed by atoms with Gasteiger partial charge in [0.1, 0.15) is 16.5 Å². The van der Waals surface area contributed by atoms with Crippen LogP contribution in [0.3, 0.4) is 0 Å². The van der Waals surface area contributed by atoms with E-state index in [1.54, 1.807) is 0 Å². The maximum Gasteiger partial charge on any atom is 0.243 e. The minimum absolute atomic E-state index is 0. The molecule has 0 radical (unpaired) electrons. The van der Waals surface area contributed by atoms with Crippen molar-refractivity contribution in [3.8, 4) is 0 Å². The Morgan fingerprint density at radius 1 is 1.21 bits per heavy atom.